The lowest BCUT2D eigenvalue weighted by molar-refractivity contribution is -0.125. The Hall–Kier alpha value is -2.53. The molecule has 130 valence electrons. The molecule has 3 rings (SSSR count). The van der Waals surface area contributed by atoms with Crippen molar-refractivity contribution >= 4 is 29.2 Å². The van der Waals surface area contributed by atoms with Crippen LogP contribution in [0.5, 0.6) is 0 Å². The number of halogens is 1. The van der Waals surface area contributed by atoms with E-state index in [9.17, 15) is 9.59 Å². The Kier molecular flexibility index (Phi) is 5.24. The highest BCUT2D eigenvalue weighted by Gasteiger charge is 2.22. The number of anilines is 1. The first kappa shape index (κ1) is 17.3. The summed E-state index contributed by atoms with van der Waals surface area (Å²) in [6.07, 6.45) is 2.91. The minimum Gasteiger partial charge on any atom is -0.452 e. The number of nitrogens with one attached hydrogen (secondary N) is 1. The van der Waals surface area contributed by atoms with Crippen LogP contribution in [0.25, 0.3) is 0 Å². The monoisotopic (exact) mass is 358 g/mol. The van der Waals surface area contributed by atoms with E-state index in [0.29, 0.717) is 5.02 Å². The quantitative estimate of drug-likeness (QED) is 0.649. The number of hydrogen-bond acceptors (Lipinski definition) is 4. The highest BCUT2D eigenvalue weighted by Crippen LogP contribution is 2.29. The summed E-state index contributed by atoms with van der Waals surface area (Å²) in [7, 11) is 0. The lowest BCUT2D eigenvalue weighted by atomic mass is 9.88. The average Bonchev–Trinajstić information content (AvgIpc) is 2.60. The molecule has 0 bridgehead atoms. The van der Waals surface area contributed by atoms with Crippen molar-refractivity contribution in [2.24, 2.45) is 0 Å². The van der Waals surface area contributed by atoms with Crippen LogP contribution in [0.15, 0.2) is 42.5 Å². The fraction of sp³-hybridized carbons (Fsp3) is 0.263. The predicted molar refractivity (Wildman–Crippen MR) is 96.4 cm³/mol. The number of nitrogens with two attached hydrogens (primary N) is 1. The van der Waals surface area contributed by atoms with Gasteiger partial charge in [-0.25, -0.2) is 4.79 Å². The number of benzene rings is 2. The fourth-order valence-electron chi connectivity index (χ4n) is 3.07. The molecule has 0 fully saturated rings. The van der Waals surface area contributed by atoms with Gasteiger partial charge in [-0.05, 0) is 48.6 Å². The lowest BCUT2D eigenvalue weighted by Gasteiger charge is -2.26. The summed E-state index contributed by atoms with van der Waals surface area (Å²) in [5.41, 5.74) is 8.55. The third kappa shape index (κ3) is 4.12. The van der Waals surface area contributed by atoms with Crippen molar-refractivity contribution < 1.29 is 14.3 Å². The fourth-order valence-corrected chi connectivity index (χ4v) is 3.25. The summed E-state index contributed by atoms with van der Waals surface area (Å²) in [5.74, 6) is -0.976. The van der Waals surface area contributed by atoms with Crippen molar-refractivity contribution in [1.29, 1.82) is 0 Å². The number of ether oxygens (including phenoxy) is 1. The van der Waals surface area contributed by atoms with Gasteiger partial charge in [0.2, 0.25) is 0 Å². The van der Waals surface area contributed by atoms with Gasteiger partial charge in [0, 0.05) is 10.7 Å². The molecular formula is C19H19ClN2O3. The van der Waals surface area contributed by atoms with Crippen molar-refractivity contribution in [3.63, 3.8) is 0 Å². The number of hydrogen-bond donors (Lipinski definition) is 2. The maximum atomic E-state index is 12.2. The molecule has 1 atom stereocenters. The standard InChI is InChI=1S/C19H19ClN2O3/c20-13-8-9-15(16(21)10-13)19(24)25-11-18(23)22-17-7-3-5-12-4-1-2-6-14(12)17/h1-2,4,6,8-10,17H,3,5,7,11,21H2,(H,22,23)/t17-/m0/s1. The third-order valence-corrected chi connectivity index (χ3v) is 4.51. The second kappa shape index (κ2) is 7.57. The van der Waals surface area contributed by atoms with Gasteiger partial charge >= 0.3 is 5.97 Å². The Labute approximate surface area is 151 Å². The molecule has 0 aromatic heterocycles. The van der Waals surface area contributed by atoms with Crippen LogP contribution in [-0.2, 0) is 16.0 Å². The number of fused-ring (bicyclic) bond motifs is 1. The van der Waals surface area contributed by atoms with E-state index in [-0.39, 0.29) is 29.8 Å². The first-order valence-corrected chi connectivity index (χ1v) is 8.51. The molecule has 0 saturated heterocycles. The van der Waals surface area contributed by atoms with Gasteiger partial charge in [-0.3, -0.25) is 4.79 Å². The van der Waals surface area contributed by atoms with Crippen LogP contribution in [0, 0.1) is 0 Å². The molecular weight excluding hydrogens is 340 g/mol. The van der Waals surface area contributed by atoms with Crippen LogP contribution in [0.3, 0.4) is 0 Å². The molecule has 0 saturated carbocycles. The molecule has 0 aliphatic heterocycles. The molecule has 0 spiro atoms. The summed E-state index contributed by atoms with van der Waals surface area (Å²) in [6, 6.07) is 12.5. The van der Waals surface area contributed by atoms with E-state index in [1.807, 2.05) is 18.2 Å². The maximum Gasteiger partial charge on any atom is 0.340 e. The van der Waals surface area contributed by atoms with Gasteiger partial charge in [0.15, 0.2) is 6.61 Å². The number of esters is 1. The Bertz CT molecular complexity index is 807. The smallest absolute Gasteiger partial charge is 0.340 e. The van der Waals surface area contributed by atoms with Crippen molar-refractivity contribution in [3.05, 3.63) is 64.2 Å². The van der Waals surface area contributed by atoms with Gasteiger partial charge in [-0.1, -0.05) is 35.9 Å². The number of amides is 1. The zero-order valence-electron chi connectivity index (χ0n) is 13.6. The van der Waals surface area contributed by atoms with E-state index >= 15 is 0 Å². The highest BCUT2D eigenvalue weighted by molar-refractivity contribution is 6.31. The Morgan fingerprint density at radius 3 is 2.84 bits per heavy atom. The molecule has 2 aromatic rings. The largest absolute Gasteiger partial charge is 0.452 e. The molecule has 0 unspecified atom stereocenters. The Morgan fingerprint density at radius 1 is 1.24 bits per heavy atom. The second-order valence-electron chi connectivity index (χ2n) is 6.02. The molecule has 25 heavy (non-hydrogen) atoms. The summed E-state index contributed by atoms with van der Waals surface area (Å²) in [6.45, 7) is -0.348. The van der Waals surface area contributed by atoms with E-state index in [2.05, 4.69) is 11.4 Å². The van der Waals surface area contributed by atoms with Gasteiger partial charge < -0.3 is 15.8 Å². The minimum absolute atomic E-state index is 0.0447. The normalized spacial score (nSPS) is 16.0. The van der Waals surface area contributed by atoms with Crippen molar-refractivity contribution in [3.8, 4) is 0 Å². The molecule has 0 radical (unpaired) electrons. The van der Waals surface area contributed by atoms with Crippen molar-refractivity contribution in [1.82, 2.24) is 5.32 Å². The van der Waals surface area contributed by atoms with E-state index < -0.39 is 5.97 Å². The van der Waals surface area contributed by atoms with E-state index in [1.54, 1.807) is 6.07 Å². The topological polar surface area (TPSA) is 81.4 Å². The van der Waals surface area contributed by atoms with E-state index in [4.69, 9.17) is 22.1 Å². The Morgan fingerprint density at radius 2 is 2.04 bits per heavy atom. The number of nitrogen functional groups attached to an aromatic ring is 1. The average molecular weight is 359 g/mol. The predicted octanol–water partition coefficient (Wildman–Crippen LogP) is 3.27. The first-order valence-electron chi connectivity index (χ1n) is 8.14. The number of carbonyl (C=O) groups is 2. The van der Waals surface area contributed by atoms with Crippen LogP contribution in [0.2, 0.25) is 5.02 Å². The Balaban J connectivity index is 1.58. The lowest BCUT2D eigenvalue weighted by Crippen LogP contribution is -2.34. The molecule has 5 nitrogen and oxygen atoms in total. The van der Waals surface area contributed by atoms with Gasteiger partial charge in [0.05, 0.1) is 11.6 Å². The maximum absolute atomic E-state index is 12.2. The molecule has 1 aliphatic rings. The second-order valence-corrected chi connectivity index (χ2v) is 6.46. The molecule has 2 aromatic carbocycles. The van der Waals surface area contributed by atoms with E-state index in [0.717, 1.165) is 24.8 Å². The van der Waals surface area contributed by atoms with Crippen molar-refractivity contribution in [2.45, 2.75) is 25.3 Å². The molecule has 1 aliphatic carbocycles. The molecule has 0 heterocycles. The minimum atomic E-state index is -0.645. The van der Waals surface area contributed by atoms with E-state index in [1.165, 1.54) is 17.7 Å². The summed E-state index contributed by atoms with van der Waals surface area (Å²) in [4.78, 5) is 24.2. The zero-order valence-corrected chi connectivity index (χ0v) is 14.4. The summed E-state index contributed by atoms with van der Waals surface area (Å²) in [5, 5.41) is 3.37. The highest BCUT2D eigenvalue weighted by atomic mass is 35.5. The van der Waals surface area contributed by atoms with Crippen LogP contribution in [-0.4, -0.2) is 18.5 Å². The summed E-state index contributed by atoms with van der Waals surface area (Å²) >= 11 is 5.80. The molecule has 3 N–H and O–H groups in total. The van der Waals surface area contributed by atoms with Crippen LogP contribution in [0.1, 0.15) is 40.4 Å². The van der Waals surface area contributed by atoms with Crippen LogP contribution in [0.4, 0.5) is 5.69 Å². The van der Waals surface area contributed by atoms with Crippen molar-refractivity contribution in [2.75, 3.05) is 12.3 Å². The summed E-state index contributed by atoms with van der Waals surface area (Å²) < 4.78 is 5.07. The van der Waals surface area contributed by atoms with Crippen LogP contribution < -0.4 is 11.1 Å². The van der Waals surface area contributed by atoms with Gasteiger partial charge in [-0.2, -0.15) is 0 Å². The SMILES string of the molecule is Nc1cc(Cl)ccc1C(=O)OCC(=O)N[C@H]1CCCc2ccccc21. The number of rotatable bonds is 4. The molecule has 1 amide bonds. The number of carbonyl (C=O) groups excluding carboxylic acids is 2. The first-order chi connectivity index (χ1) is 12.0. The van der Waals surface area contributed by atoms with Gasteiger partial charge in [-0.15, -0.1) is 0 Å². The van der Waals surface area contributed by atoms with Gasteiger partial charge in [0.1, 0.15) is 0 Å². The van der Waals surface area contributed by atoms with Crippen LogP contribution >= 0.6 is 11.6 Å². The van der Waals surface area contributed by atoms with Gasteiger partial charge in [0.25, 0.3) is 5.91 Å². The molecule has 6 heteroatoms. The third-order valence-electron chi connectivity index (χ3n) is 4.27. The number of aryl methyl sites for hydroxylation is 1. The zero-order chi connectivity index (χ0) is 17.8.